The summed E-state index contributed by atoms with van der Waals surface area (Å²) in [5, 5.41) is 3.68. The molecule has 5 nitrogen and oxygen atoms in total. The summed E-state index contributed by atoms with van der Waals surface area (Å²) in [6, 6.07) is 9.65. The van der Waals surface area contributed by atoms with E-state index in [-0.39, 0.29) is 5.91 Å². The largest absolute Gasteiger partial charge is 0.481 e. The number of benzene rings is 1. The van der Waals surface area contributed by atoms with Gasteiger partial charge in [-0.2, -0.15) is 0 Å². The zero-order valence-electron chi connectivity index (χ0n) is 12.8. The fourth-order valence-electron chi connectivity index (χ4n) is 2.45. The van der Waals surface area contributed by atoms with Gasteiger partial charge in [-0.05, 0) is 44.1 Å². The van der Waals surface area contributed by atoms with Gasteiger partial charge in [-0.1, -0.05) is 37.5 Å². The van der Waals surface area contributed by atoms with E-state index in [0.717, 1.165) is 12.8 Å². The zero-order chi connectivity index (χ0) is 15.8. The molecule has 0 spiro atoms. The Morgan fingerprint density at radius 2 is 1.86 bits per heavy atom. The maximum atomic E-state index is 12.0. The summed E-state index contributed by atoms with van der Waals surface area (Å²) in [6.45, 7) is 1.70. The summed E-state index contributed by atoms with van der Waals surface area (Å²) >= 11 is 5.19. The van der Waals surface area contributed by atoms with E-state index in [1.165, 1.54) is 19.3 Å². The minimum absolute atomic E-state index is 0.267. The first kappa shape index (κ1) is 16.5. The summed E-state index contributed by atoms with van der Waals surface area (Å²) < 4.78 is 5.54. The van der Waals surface area contributed by atoms with Gasteiger partial charge < -0.3 is 10.1 Å². The van der Waals surface area contributed by atoms with Gasteiger partial charge in [0.2, 0.25) is 0 Å². The lowest BCUT2D eigenvalue weighted by Gasteiger charge is -2.24. The van der Waals surface area contributed by atoms with Crippen LogP contribution in [0.3, 0.4) is 0 Å². The maximum absolute atomic E-state index is 12.0. The lowest BCUT2D eigenvalue weighted by Crippen LogP contribution is -2.52. The van der Waals surface area contributed by atoms with Crippen LogP contribution < -0.4 is 20.9 Å². The van der Waals surface area contributed by atoms with Gasteiger partial charge in [0.1, 0.15) is 5.75 Å². The molecule has 1 aromatic rings. The van der Waals surface area contributed by atoms with Crippen molar-refractivity contribution in [1.29, 1.82) is 0 Å². The standard InChI is InChI=1S/C16H23N3O2S/c1-12(21-14-10-6-3-7-11-14)15(20)18-19-16(22)17-13-8-4-2-5-9-13/h3,6-7,10-13H,2,4-5,8-9H2,1H3,(H,18,20)(H2,17,19,22). The SMILES string of the molecule is CC(Oc1ccccc1)C(=O)NNC(=S)NC1CCCCC1. The van der Waals surface area contributed by atoms with E-state index < -0.39 is 6.10 Å². The van der Waals surface area contributed by atoms with Crippen molar-refractivity contribution in [3.63, 3.8) is 0 Å². The van der Waals surface area contributed by atoms with E-state index in [9.17, 15) is 4.79 Å². The van der Waals surface area contributed by atoms with E-state index in [0.29, 0.717) is 16.9 Å². The number of hydrogen-bond acceptors (Lipinski definition) is 3. The second kappa shape index (κ2) is 8.58. The van der Waals surface area contributed by atoms with Crippen LogP contribution in [-0.4, -0.2) is 23.2 Å². The molecule has 1 aliphatic rings. The smallest absolute Gasteiger partial charge is 0.279 e. The van der Waals surface area contributed by atoms with Gasteiger partial charge in [-0.15, -0.1) is 0 Å². The van der Waals surface area contributed by atoms with Gasteiger partial charge in [0.25, 0.3) is 5.91 Å². The highest BCUT2D eigenvalue weighted by molar-refractivity contribution is 7.80. The van der Waals surface area contributed by atoms with E-state index >= 15 is 0 Å². The quantitative estimate of drug-likeness (QED) is 0.587. The molecule has 1 unspecified atom stereocenters. The first-order valence-electron chi connectivity index (χ1n) is 7.73. The molecule has 2 rings (SSSR count). The highest BCUT2D eigenvalue weighted by Crippen LogP contribution is 2.17. The van der Waals surface area contributed by atoms with Gasteiger partial charge in [0, 0.05) is 6.04 Å². The molecule has 1 aromatic carbocycles. The van der Waals surface area contributed by atoms with Gasteiger partial charge >= 0.3 is 0 Å². The monoisotopic (exact) mass is 321 g/mol. The van der Waals surface area contributed by atoms with Crippen molar-refractivity contribution in [1.82, 2.24) is 16.2 Å². The number of hydrazine groups is 1. The number of thiocarbonyl (C=S) groups is 1. The van der Waals surface area contributed by atoms with Gasteiger partial charge in [0.05, 0.1) is 0 Å². The predicted molar refractivity (Wildman–Crippen MR) is 90.4 cm³/mol. The Morgan fingerprint density at radius 3 is 2.55 bits per heavy atom. The molecule has 1 amide bonds. The molecular weight excluding hydrogens is 298 g/mol. The van der Waals surface area contributed by atoms with E-state index in [2.05, 4.69) is 16.2 Å². The molecule has 0 saturated heterocycles. The summed E-state index contributed by atoms with van der Waals surface area (Å²) in [4.78, 5) is 12.0. The average Bonchev–Trinajstić information content (AvgIpc) is 2.54. The number of rotatable bonds is 4. The molecule has 6 heteroatoms. The fraction of sp³-hybridized carbons (Fsp3) is 0.500. The Kier molecular flexibility index (Phi) is 6.45. The highest BCUT2D eigenvalue weighted by atomic mass is 32.1. The molecular formula is C16H23N3O2S. The zero-order valence-corrected chi connectivity index (χ0v) is 13.6. The molecule has 0 radical (unpaired) electrons. The number of carbonyl (C=O) groups is 1. The Labute approximate surface area is 136 Å². The molecule has 0 bridgehead atoms. The van der Waals surface area contributed by atoms with Crippen molar-refractivity contribution in [2.45, 2.75) is 51.2 Å². The van der Waals surface area contributed by atoms with Crippen molar-refractivity contribution in [3.05, 3.63) is 30.3 Å². The van der Waals surface area contributed by atoms with E-state index in [1.54, 1.807) is 6.92 Å². The molecule has 120 valence electrons. The molecule has 1 aliphatic carbocycles. The summed E-state index contributed by atoms with van der Waals surface area (Å²) in [5.74, 6) is 0.393. The first-order chi connectivity index (χ1) is 10.6. The van der Waals surface area contributed by atoms with Crippen LogP contribution in [0.25, 0.3) is 0 Å². The number of hydrogen-bond donors (Lipinski definition) is 3. The van der Waals surface area contributed by atoms with Crippen molar-refractivity contribution < 1.29 is 9.53 Å². The Bertz CT molecular complexity index is 489. The molecule has 0 aliphatic heterocycles. The second-order valence-electron chi connectivity index (χ2n) is 5.50. The maximum Gasteiger partial charge on any atom is 0.279 e. The van der Waals surface area contributed by atoms with Crippen LogP contribution in [0, 0.1) is 0 Å². The van der Waals surface area contributed by atoms with Crippen LogP contribution in [0.4, 0.5) is 0 Å². The minimum atomic E-state index is -0.604. The minimum Gasteiger partial charge on any atom is -0.481 e. The third-order valence-electron chi connectivity index (χ3n) is 3.66. The normalized spacial score (nSPS) is 16.4. The number of para-hydroxylation sites is 1. The third-order valence-corrected chi connectivity index (χ3v) is 3.88. The molecule has 1 fully saturated rings. The predicted octanol–water partition coefficient (Wildman–Crippen LogP) is 2.28. The van der Waals surface area contributed by atoms with Crippen LogP contribution in [0.1, 0.15) is 39.0 Å². The topological polar surface area (TPSA) is 62.4 Å². The fourth-order valence-corrected chi connectivity index (χ4v) is 2.66. The Balaban J connectivity index is 1.68. The molecule has 0 heterocycles. The lowest BCUT2D eigenvalue weighted by molar-refractivity contribution is -0.127. The van der Waals surface area contributed by atoms with Gasteiger partial charge in [0.15, 0.2) is 11.2 Å². The first-order valence-corrected chi connectivity index (χ1v) is 8.14. The number of carbonyl (C=O) groups excluding carboxylic acids is 1. The van der Waals surface area contributed by atoms with Crippen LogP contribution in [-0.2, 0) is 4.79 Å². The Hall–Kier alpha value is -1.82. The number of amides is 1. The van der Waals surface area contributed by atoms with Crippen molar-refractivity contribution in [2.75, 3.05) is 0 Å². The number of ether oxygens (including phenoxy) is 1. The molecule has 1 atom stereocenters. The van der Waals surface area contributed by atoms with Crippen molar-refractivity contribution in [2.24, 2.45) is 0 Å². The summed E-state index contributed by atoms with van der Waals surface area (Å²) in [6.07, 6.45) is 5.41. The number of nitrogens with one attached hydrogen (secondary N) is 3. The second-order valence-corrected chi connectivity index (χ2v) is 5.90. The van der Waals surface area contributed by atoms with Gasteiger partial charge in [-0.25, -0.2) is 0 Å². The molecule has 0 aromatic heterocycles. The molecule has 22 heavy (non-hydrogen) atoms. The highest BCUT2D eigenvalue weighted by Gasteiger charge is 2.16. The lowest BCUT2D eigenvalue weighted by atomic mass is 9.96. The van der Waals surface area contributed by atoms with Crippen LogP contribution in [0.5, 0.6) is 5.75 Å². The molecule has 1 saturated carbocycles. The Morgan fingerprint density at radius 1 is 1.18 bits per heavy atom. The van der Waals surface area contributed by atoms with Crippen LogP contribution >= 0.6 is 12.2 Å². The third kappa shape index (κ3) is 5.52. The van der Waals surface area contributed by atoms with Crippen LogP contribution in [0.2, 0.25) is 0 Å². The van der Waals surface area contributed by atoms with Crippen LogP contribution in [0.15, 0.2) is 30.3 Å². The van der Waals surface area contributed by atoms with Crippen molar-refractivity contribution >= 4 is 23.2 Å². The van der Waals surface area contributed by atoms with Gasteiger partial charge in [-0.3, -0.25) is 15.6 Å². The summed E-state index contributed by atoms with van der Waals surface area (Å²) in [7, 11) is 0. The van der Waals surface area contributed by atoms with E-state index in [4.69, 9.17) is 17.0 Å². The van der Waals surface area contributed by atoms with Crippen molar-refractivity contribution in [3.8, 4) is 5.75 Å². The summed E-state index contributed by atoms with van der Waals surface area (Å²) in [5.41, 5.74) is 5.31. The van der Waals surface area contributed by atoms with E-state index in [1.807, 2.05) is 30.3 Å². The molecule has 3 N–H and O–H groups in total. The average molecular weight is 321 g/mol.